The molecule has 110 heavy (non-hydrogen) atoms. The molecule has 0 heterocycles. The zero-order valence-corrected chi connectivity index (χ0v) is 68.0. The minimum atomic E-state index is -2.56. The van der Waals surface area contributed by atoms with Crippen LogP contribution in [0.2, 0.25) is 95.7 Å². The highest BCUT2D eigenvalue weighted by Crippen LogP contribution is 2.93. The highest BCUT2D eigenvalue weighted by Gasteiger charge is 2.83. The lowest BCUT2D eigenvalue weighted by molar-refractivity contribution is 0.328. The summed E-state index contributed by atoms with van der Waals surface area (Å²) >= 11 is 0. The van der Waals surface area contributed by atoms with E-state index in [9.17, 15) is 0 Å². The van der Waals surface area contributed by atoms with E-state index in [1.165, 1.54) is 30.2 Å². The van der Waals surface area contributed by atoms with Gasteiger partial charge in [-0.3, -0.25) is 0 Å². The molecule has 0 saturated carbocycles. The van der Waals surface area contributed by atoms with Gasteiger partial charge in [-0.15, -0.1) is 0 Å². The minimum Gasteiger partial charge on any atom is -0.0654 e. The van der Waals surface area contributed by atoms with Gasteiger partial charge >= 0.3 is 0 Å². The lowest BCUT2D eigenvalue weighted by Gasteiger charge is -2.62. The molecule has 0 radical (unpaired) electrons. The normalized spacial score (nSPS) is 24.8. The Hall–Kier alpha value is -9.84. The number of hydrogen-bond donors (Lipinski definition) is 0. The smallest absolute Gasteiger partial charge is 0.0654 e. The summed E-state index contributed by atoms with van der Waals surface area (Å²) in [4.78, 5) is 0. The average molecular weight is 1470 g/mol. The monoisotopic (exact) mass is 1470 g/mol. The predicted molar refractivity (Wildman–Crippen MR) is 481 cm³/mol. The van der Waals surface area contributed by atoms with Gasteiger partial charge in [0.2, 0.25) is 0 Å². The minimum absolute atomic E-state index is 0.163. The summed E-state index contributed by atoms with van der Waals surface area (Å²) in [7, 11) is -12.8. The van der Waals surface area contributed by atoms with Crippen LogP contribution in [0.4, 0.5) is 0 Å². The van der Waals surface area contributed by atoms with Crippen molar-refractivity contribution in [3.8, 4) is 0 Å². The summed E-state index contributed by atoms with van der Waals surface area (Å²) in [6.45, 7) is 29.1. The number of benzene rings is 20. The summed E-state index contributed by atoms with van der Waals surface area (Å²) in [5.41, 5.74) is 24.8. The second-order valence-electron chi connectivity index (χ2n) is 42.5. The van der Waals surface area contributed by atoms with Gasteiger partial charge in [-0.2, -0.15) is 0 Å². The molecule has 0 saturated heterocycles. The van der Waals surface area contributed by atoms with Gasteiger partial charge in [0.25, 0.3) is 0 Å². The Balaban J connectivity index is 0.926. The lowest BCUT2D eigenvalue weighted by Crippen LogP contribution is -2.62. The maximum Gasteiger partial charge on any atom is 0.0821 e. The van der Waals surface area contributed by atoms with Crippen molar-refractivity contribution in [1.29, 1.82) is 0 Å². The molecule has 11 aliphatic rings. The first-order valence-electron chi connectivity index (χ1n) is 42.0. The Bertz CT molecular complexity index is 8680. The Morgan fingerprint density at radius 1 is 0.182 bits per heavy atom. The van der Waals surface area contributed by atoms with E-state index in [0.29, 0.717) is 0 Å². The van der Waals surface area contributed by atoms with E-state index in [2.05, 4.69) is 217 Å². The zero-order valence-electron chi connectivity index (χ0n) is 63.0. The molecule has 0 spiro atoms. The Morgan fingerprint density at radius 3 is 0.545 bits per heavy atom. The molecule has 0 nitrogen and oxygen atoms in total. The van der Waals surface area contributed by atoms with E-state index in [1.54, 1.807) is 241 Å². The topological polar surface area (TPSA) is 0 Å². The fourth-order valence-electron chi connectivity index (χ4n) is 35.2. The van der Waals surface area contributed by atoms with Crippen LogP contribution in [-0.4, -0.2) is 40.4 Å². The Morgan fingerprint density at radius 2 is 0.336 bits per heavy atom. The molecule has 0 N–H and O–H groups in total. The molecule has 0 amide bonds. The van der Waals surface area contributed by atoms with Gasteiger partial charge in [-0.25, -0.2) is 0 Å². The van der Waals surface area contributed by atoms with Gasteiger partial charge < -0.3 is 0 Å². The quantitative estimate of drug-likeness (QED) is 0.0709. The fraction of sp³-hybridized carbons (Fsp3) is 0.200. The molecule has 26 aromatic carbocycles. The molecule has 0 aliphatic heterocycles. The van der Waals surface area contributed by atoms with Gasteiger partial charge in [0.1, 0.15) is 0 Å². The van der Waals surface area contributed by atoms with Crippen LogP contribution in [0.15, 0.2) is 174 Å². The van der Waals surface area contributed by atoms with Crippen molar-refractivity contribution in [2.75, 3.05) is 0 Å². The zero-order chi connectivity index (χ0) is 70.9. The molecule has 0 aromatic heterocycles. The van der Waals surface area contributed by atoms with Gasteiger partial charge in [-0.05, 0) is 324 Å². The number of hydrogen-bond acceptors (Lipinski definition) is 0. The van der Waals surface area contributed by atoms with Gasteiger partial charge in [0, 0.05) is 33.0 Å². The lowest BCUT2D eigenvalue weighted by atomic mass is 9.43. The van der Waals surface area contributed by atoms with Crippen molar-refractivity contribution < 1.29 is 0 Å². The predicted octanol–water partition coefficient (Wildman–Crippen LogP) is 24.0. The Kier molecular flexibility index (Phi) is 6.92. The van der Waals surface area contributed by atoms with Crippen LogP contribution in [0.1, 0.15) is 55.6 Å². The van der Waals surface area contributed by atoms with Crippen LogP contribution in [0, 0.1) is 5.92 Å². The maximum atomic E-state index is 2.92. The Labute approximate surface area is 635 Å². The van der Waals surface area contributed by atoms with Crippen LogP contribution in [0.5, 0.6) is 0 Å². The molecule has 37 rings (SSSR count). The maximum absolute atomic E-state index is 2.92. The molecule has 0 fully saturated rings. The van der Waals surface area contributed by atoms with E-state index < -0.39 is 62.0 Å². The fourth-order valence-corrected chi connectivity index (χ4v) is 51.1. The highest BCUT2D eigenvalue weighted by atomic mass is 28.3. The third-order valence-corrected chi connectivity index (χ3v) is 53.3. The summed E-state index contributed by atoms with van der Waals surface area (Å²) < 4.78 is 0. The molecule has 11 aliphatic carbocycles. The van der Waals surface area contributed by atoms with Crippen molar-refractivity contribution in [3.63, 3.8) is 0 Å². The van der Waals surface area contributed by atoms with Crippen molar-refractivity contribution >= 4 is 282 Å². The van der Waals surface area contributed by atoms with Gasteiger partial charge in [0.05, 0.1) is 40.4 Å². The second-order valence-corrected chi connectivity index (χ2v) is 66.0. The van der Waals surface area contributed by atoms with Crippen LogP contribution >= 0.6 is 0 Å². The van der Waals surface area contributed by atoms with E-state index in [4.69, 9.17) is 0 Å². The van der Waals surface area contributed by atoms with Gasteiger partial charge in [0.15, 0.2) is 0 Å². The van der Waals surface area contributed by atoms with Crippen LogP contribution in [0.25, 0.3) is 215 Å². The van der Waals surface area contributed by atoms with Crippen molar-refractivity contribution in [1.82, 2.24) is 0 Å². The molecule has 4 unspecified atom stereocenters. The average Bonchev–Trinajstić information content (AvgIpc) is 1.37. The van der Waals surface area contributed by atoms with Crippen molar-refractivity contribution in [2.24, 2.45) is 5.92 Å². The van der Waals surface area contributed by atoms with Crippen LogP contribution in [0.3, 0.4) is 0 Å². The van der Waals surface area contributed by atoms with Crippen molar-refractivity contribution in [3.05, 3.63) is 230 Å². The van der Waals surface area contributed by atoms with Gasteiger partial charge in [-0.1, -0.05) is 243 Å². The molecule has 4 atom stereocenters. The van der Waals surface area contributed by atoms with E-state index in [-0.39, 0.29) is 11.3 Å². The SMILES string of the molecule is C[Si](C)(CC12C3=C4C5C6=C3C3(C[Si](C)(C)c7ccccc7)c7c1c1c8c2c2c9c%10c(c%11c%12c%13c(c%14c%15c%16c(c3c3c7c7c1c1c%17c8c9c8c9c%10c%12c%10c%12c%13c%15c%13c%15c%16c3c3c7c1c1c(c%178)c(c9%10)c(c%13%12)c1c3%15)C6%14C[Si](C)(C)c1ccccc1)C%115C[Si](C)(C)c1ccccc1)C42C[Si](C)(C)c1ccccc1)c1ccccc1. The first kappa shape index (κ1) is 53.9. The van der Waals surface area contributed by atoms with Crippen molar-refractivity contribution in [2.45, 2.75) is 123 Å². The first-order valence-corrected chi connectivity index (χ1v) is 58.0. The summed E-state index contributed by atoms with van der Waals surface area (Å²) in [5, 5.41) is 77.1. The second kappa shape index (κ2) is 14.1. The molecule has 506 valence electrons. The third kappa shape index (κ3) is 4.02. The van der Waals surface area contributed by atoms with E-state index in [0.717, 1.165) is 0 Å². The summed E-state index contributed by atoms with van der Waals surface area (Å²) in [5.74, 6) is 0.163. The van der Waals surface area contributed by atoms with Crippen LogP contribution < -0.4 is 25.9 Å². The largest absolute Gasteiger partial charge is 0.0821 e. The summed E-state index contributed by atoms with van der Waals surface area (Å²) in [6, 6.07) is 68.4. The molecular weight excluding hydrogens is 1400 g/mol. The van der Waals surface area contributed by atoms with E-state index >= 15 is 0 Å². The molecule has 5 heteroatoms. The van der Waals surface area contributed by atoms with E-state index in [1.807, 2.05) is 77.9 Å². The highest BCUT2D eigenvalue weighted by molar-refractivity contribution is 6.93. The van der Waals surface area contributed by atoms with Crippen LogP contribution in [-0.2, 0) is 27.1 Å². The molecular formula is C105H66Si5. The number of allylic oxidation sites excluding steroid dienone is 4. The molecule has 26 aromatic rings. The number of rotatable bonds is 15. The standard InChI is InChI=1S/C105H66Si5/c1-106(2,41-26-16-11-17-27-41)36-101-86-76-66-56-51-46-47-49-50-48(46)53-60-58(51)68(66)78-80-70(60)72-62(53)64-55(50)65-63-54(49)61-59-52(47)57(56)67-69(59)79-81-71(61)73(63)83-85-75(65)74(64)84-82(72)92-90(80)102(88(78)86,37-107(3,4)42-28-18-12-19-29-42)97-96(101)98-100-99(97)104(92,39-109(7,8)44-32-22-14-23-33-44)94(84)95(85)105(100,40-110(9,10)45-34-24-15-25-35-45)93(83)91(81)103(98,89(79)87(101)77(67)76)38-108(5,6)43-30-20-13-21-31-43/h11-35,96H,36-40H2,1-10H3. The first-order chi connectivity index (χ1) is 53.4. The summed E-state index contributed by atoms with van der Waals surface area (Å²) in [6.07, 6.45) is 0. The third-order valence-electron chi connectivity index (χ3n) is 36.8. The molecule has 0 bridgehead atoms.